The molecule has 0 spiro atoms. The van der Waals surface area contributed by atoms with Crippen molar-refractivity contribution in [2.45, 2.75) is 39.7 Å². The molecule has 3 rings (SSSR count). The van der Waals surface area contributed by atoms with Gasteiger partial charge in [0.25, 0.3) is 5.91 Å². The van der Waals surface area contributed by atoms with Crippen LogP contribution in [0.1, 0.15) is 40.8 Å². The first-order chi connectivity index (χ1) is 9.19. The van der Waals surface area contributed by atoms with Gasteiger partial charge in [-0.1, -0.05) is 5.16 Å². The Morgan fingerprint density at radius 3 is 3.11 bits per heavy atom. The van der Waals surface area contributed by atoms with E-state index in [1.165, 1.54) is 0 Å². The summed E-state index contributed by atoms with van der Waals surface area (Å²) in [6.45, 7) is 4.67. The third-order valence-corrected chi connectivity index (χ3v) is 3.45. The zero-order valence-corrected chi connectivity index (χ0v) is 11.1. The molecule has 1 amide bonds. The fourth-order valence-corrected chi connectivity index (χ4v) is 2.44. The first-order valence-corrected chi connectivity index (χ1v) is 6.52. The van der Waals surface area contributed by atoms with Gasteiger partial charge in [-0.25, -0.2) is 0 Å². The van der Waals surface area contributed by atoms with E-state index in [1.807, 2.05) is 13.8 Å². The highest BCUT2D eigenvalue weighted by Crippen LogP contribution is 2.28. The number of nitrogens with one attached hydrogen (secondary N) is 1. The van der Waals surface area contributed by atoms with Gasteiger partial charge in [-0.2, -0.15) is 5.10 Å². The molecular weight excluding hydrogens is 244 g/mol. The number of aryl methyl sites for hydroxylation is 3. The highest BCUT2D eigenvalue weighted by atomic mass is 16.5. The number of hydrogen-bond donors (Lipinski definition) is 1. The average Bonchev–Trinajstić information content (AvgIpc) is 3.06. The summed E-state index contributed by atoms with van der Waals surface area (Å²) in [4.78, 5) is 12.1. The van der Waals surface area contributed by atoms with Crippen LogP contribution in [0, 0.1) is 6.92 Å². The summed E-state index contributed by atoms with van der Waals surface area (Å²) in [5.74, 6) is 0.224. The van der Waals surface area contributed by atoms with Gasteiger partial charge in [0.05, 0.1) is 5.69 Å². The van der Waals surface area contributed by atoms with Crippen molar-refractivity contribution in [3.63, 3.8) is 0 Å². The Bertz CT molecular complexity index is 627. The standard InChI is InChI=1S/C13H16N4O2/c1-3-17-8(2)7-11(15-17)12(18)14-13-9-5-4-6-10(9)16-19-13/h7H,3-6H2,1-2H3,(H,14,18). The average molecular weight is 260 g/mol. The van der Waals surface area contributed by atoms with E-state index in [1.54, 1.807) is 10.7 Å². The molecule has 0 radical (unpaired) electrons. The number of carbonyl (C=O) groups is 1. The van der Waals surface area contributed by atoms with E-state index in [9.17, 15) is 4.79 Å². The Morgan fingerprint density at radius 1 is 1.53 bits per heavy atom. The van der Waals surface area contributed by atoms with E-state index >= 15 is 0 Å². The van der Waals surface area contributed by atoms with Gasteiger partial charge in [-0.15, -0.1) is 0 Å². The molecule has 1 aliphatic carbocycles. The van der Waals surface area contributed by atoms with Crippen LogP contribution in [0.2, 0.25) is 0 Å². The van der Waals surface area contributed by atoms with Crippen molar-refractivity contribution in [1.29, 1.82) is 0 Å². The molecule has 1 N–H and O–H groups in total. The lowest BCUT2D eigenvalue weighted by Gasteiger charge is -2.00. The second kappa shape index (κ2) is 4.53. The Morgan fingerprint density at radius 2 is 2.37 bits per heavy atom. The largest absolute Gasteiger partial charge is 0.338 e. The molecule has 1 aliphatic rings. The molecule has 0 saturated carbocycles. The fourth-order valence-electron chi connectivity index (χ4n) is 2.44. The SMILES string of the molecule is CCn1nc(C(=O)Nc2onc3c2CCC3)cc1C. The Kier molecular flexibility index (Phi) is 2.85. The molecule has 19 heavy (non-hydrogen) atoms. The third-order valence-electron chi connectivity index (χ3n) is 3.45. The second-order valence-corrected chi connectivity index (χ2v) is 4.73. The molecule has 2 aromatic heterocycles. The number of hydrogen-bond acceptors (Lipinski definition) is 4. The molecule has 2 aromatic rings. The summed E-state index contributed by atoms with van der Waals surface area (Å²) in [6.07, 6.45) is 2.91. The number of fused-ring (bicyclic) bond motifs is 1. The van der Waals surface area contributed by atoms with Crippen LogP contribution < -0.4 is 5.32 Å². The van der Waals surface area contributed by atoms with Crippen LogP contribution in [0.5, 0.6) is 0 Å². The molecule has 0 atom stereocenters. The van der Waals surface area contributed by atoms with E-state index in [-0.39, 0.29) is 5.91 Å². The first kappa shape index (κ1) is 12.0. The lowest BCUT2D eigenvalue weighted by Crippen LogP contribution is -2.13. The molecule has 0 unspecified atom stereocenters. The van der Waals surface area contributed by atoms with E-state index in [2.05, 4.69) is 15.6 Å². The summed E-state index contributed by atoms with van der Waals surface area (Å²) in [7, 11) is 0. The van der Waals surface area contributed by atoms with Crippen LogP contribution in [0.3, 0.4) is 0 Å². The first-order valence-electron chi connectivity index (χ1n) is 6.52. The maximum absolute atomic E-state index is 12.1. The second-order valence-electron chi connectivity index (χ2n) is 4.73. The third kappa shape index (κ3) is 2.03. The van der Waals surface area contributed by atoms with Crippen molar-refractivity contribution >= 4 is 11.8 Å². The Balaban J connectivity index is 1.80. The molecule has 0 aromatic carbocycles. The lowest BCUT2D eigenvalue weighted by atomic mass is 10.2. The van der Waals surface area contributed by atoms with Crippen molar-refractivity contribution in [2.75, 3.05) is 5.32 Å². The Labute approximate surface area is 110 Å². The quantitative estimate of drug-likeness (QED) is 0.915. The zero-order chi connectivity index (χ0) is 13.4. The minimum absolute atomic E-state index is 0.249. The number of anilines is 1. The van der Waals surface area contributed by atoms with Crippen molar-refractivity contribution in [2.24, 2.45) is 0 Å². The zero-order valence-electron chi connectivity index (χ0n) is 11.1. The monoisotopic (exact) mass is 260 g/mol. The highest BCUT2D eigenvalue weighted by Gasteiger charge is 2.23. The van der Waals surface area contributed by atoms with Gasteiger partial charge in [0.1, 0.15) is 0 Å². The number of aromatic nitrogens is 3. The van der Waals surface area contributed by atoms with Gasteiger partial charge < -0.3 is 4.52 Å². The minimum atomic E-state index is -0.249. The summed E-state index contributed by atoms with van der Waals surface area (Å²) in [6, 6.07) is 1.77. The molecule has 0 aliphatic heterocycles. The molecule has 100 valence electrons. The van der Waals surface area contributed by atoms with Crippen LogP contribution in [-0.2, 0) is 19.4 Å². The maximum Gasteiger partial charge on any atom is 0.278 e. The highest BCUT2D eigenvalue weighted by molar-refractivity contribution is 6.02. The normalized spacial score (nSPS) is 13.6. The fraction of sp³-hybridized carbons (Fsp3) is 0.462. The molecule has 0 bridgehead atoms. The van der Waals surface area contributed by atoms with E-state index in [4.69, 9.17) is 4.52 Å². The summed E-state index contributed by atoms with van der Waals surface area (Å²) in [5.41, 5.74) is 3.36. The summed E-state index contributed by atoms with van der Waals surface area (Å²) >= 11 is 0. The van der Waals surface area contributed by atoms with Crippen molar-refractivity contribution < 1.29 is 9.32 Å². The van der Waals surface area contributed by atoms with Crippen LogP contribution in [0.15, 0.2) is 10.6 Å². The van der Waals surface area contributed by atoms with Crippen LogP contribution in [0.4, 0.5) is 5.88 Å². The van der Waals surface area contributed by atoms with Gasteiger partial charge in [-0.3, -0.25) is 14.8 Å². The van der Waals surface area contributed by atoms with Crippen LogP contribution in [0.25, 0.3) is 0 Å². The number of carbonyl (C=O) groups excluding carboxylic acids is 1. The van der Waals surface area contributed by atoms with Crippen molar-refractivity contribution in [1.82, 2.24) is 14.9 Å². The van der Waals surface area contributed by atoms with Gasteiger partial charge in [0.2, 0.25) is 5.88 Å². The molecule has 6 nitrogen and oxygen atoms in total. The molecule has 0 saturated heterocycles. The topological polar surface area (TPSA) is 73.0 Å². The lowest BCUT2D eigenvalue weighted by molar-refractivity contribution is 0.101. The van der Waals surface area contributed by atoms with Crippen molar-refractivity contribution in [3.8, 4) is 0 Å². The van der Waals surface area contributed by atoms with Crippen LogP contribution >= 0.6 is 0 Å². The van der Waals surface area contributed by atoms with Gasteiger partial charge >= 0.3 is 0 Å². The van der Waals surface area contributed by atoms with Crippen molar-refractivity contribution in [3.05, 3.63) is 28.7 Å². The molecule has 0 fully saturated rings. The smallest absolute Gasteiger partial charge is 0.278 e. The summed E-state index contributed by atoms with van der Waals surface area (Å²) < 4.78 is 6.97. The number of nitrogens with zero attached hydrogens (tertiary/aromatic N) is 3. The van der Waals surface area contributed by atoms with Gasteiger partial charge in [0, 0.05) is 17.8 Å². The molecule has 6 heteroatoms. The van der Waals surface area contributed by atoms with E-state index in [0.29, 0.717) is 11.6 Å². The van der Waals surface area contributed by atoms with E-state index < -0.39 is 0 Å². The number of amides is 1. The summed E-state index contributed by atoms with van der Waals surface area (Å²) in [5, 5.41) is 11.0. The van der Waals surface area contributed by atoms with Crippen LogP contribution in [-0.4, -0.2) is 20.8 Å². The number of rotatable bonds is 3. The van der Waals surface area contributed by atoms with Gasteiger partial charge in [0.15, 0.2) is 5.69 Å². The van der Waals surface area contributed by atoms with Gasteiger partial charge in [-0.05, 0) is 39.2 Å². The minimum Gasteiger partial charge on any atom is -0.338 e. The predicted octanol–water partition coefficient (Wildman–Crippen LogP) is 1.94. The van der Waals surface area contributed by atoms with E-state index in [0.717, 1.165) is 42.8 Å². The molecular formula is C13H16N4O2. The molecule has 2 heterocycles. The Hall–Kier alpha value is -2.11. The maximum atomic E-state index is 12.1. The predicted molar refractivity (Wildman–Crippen MR) is 69.1 cm³/mol.